The smallest absolute Gasteiger partial charge is 0.0823 e. The number of halogens is 2. The Hall–Kier alpha value is -0.400. The van der Waals surface area contributed by atoms with Crippen LogP contribution in [-0.2, 0) is 0 Å². The second-order valence-electron chi connectivity index (χ2n) is 4.88. The zero-order valence-corrected chi connectivity index (χ0v) is 11.7. The summed E-state index contributed by atoms with van der Waals surface area (Å²) >= 11 is 12.2. The molecule has 94 valence electrons. The molecule has 2 unspecified atom stereocenters. The van der Waals surface area contributed by atoms with E-state index in [0.29, 0.717) is 16.1 Å². The van der Waals surface area contributed by atoms with Gasteiger partial charge in [0.2, 0.25) is 0 Å². The van der Waals surface area contributed by atoms with Gasteiger partial charge in [0.05, 0.1) is 15.7 Å². The lowest BCUT2D eigenvalue weighted by Crippen LogP contribution is -2.27. The minimum Gasteiger partial charge on any atom is -0.381 e. The SMILES string of the molecule is CCC1CCCC(Nc2cccc(Cl)c2Cl)C1. The molecule has 0 saturated heterocycles. The molecule has 1 fully saturated rings. The molecule has 1 aromatic rings. The Balaban J connectivity index is 2.02. The first kappa shape index (κ1) is 13.0. The third-order valence-corrected chi connectivity index (χ3v) is 4.49. The Bertz CT molecular complexity index is 378. The highest BCUT2D eigenvalue weighted by atomic mass is 35.5. The van der Waals surface area contributed by atoms with Crippen LogP contribution in [0.3, 0.4) is 0 Å². The Morgan fingerprint density at radius 1 is 1.29 bits per heavy atom. The molecular weight excluding hydrogens is 253 g/mol. The van der Waals surface area contributed by atoms with Crippen molar-refractivity contribution < 1.29 is 0 Å². The zero-order chi connectivity index (χ0) is 12.3. The van der Waals surface area contributed by atoms with E-state index in [1.807, 2.05) is 18.2 Å². The maximum atomic E-state index is 6.19. The van der Waals surface area contributed by atoms with E-state index >= 15 is 0 Å². The van der Waals surface area contributed by atoms with Gasteiger partial charge in [0, 0.05) is 6.04 Å². The van der Waals surface area contributed by atoms with Gasteiger partial charge in [0.15, 0.2) is 0 Å². The van der Waals surface area contributed by atoms with Crippen molar-refractivity contribution in [3.63, 3.8) is 0 Å². The summed E-state index contributed by atoms with van der Waals surface area (Å²) in [5.74, 6) is 0.860. The molecule has 0 bridgehead atoms. The molecule has 2 rings (SSSR count). The zero-order valence-electron chi connectivity index (χ0n) is 10.2. The summed E-state index contributed by atoms with van der Waals surface area (Å²) in [6.45, 7) is 2.28. The minimum absolute atomic E-state index is 0.546. The van der Waals surface area contributed by atoms with Gasteiger partial charge in [-0.2, -0.15) is 0 Å². The summed E-state index contributed by atoms with van der Waals surface area (Å²) in [6, 6.07) is 6.32. The monoisotopic (exact) mass is 271 g/mol. The van der Waals surface area contributed by atoms with Crippen LogP contribution in [0.15, 0.2) is 18.2 Å². The van der Waals surface area contributed by atoms with Crippen molar-refractivity contribution in [2.45, 2.75) is 45.1 Å². The minimum atomic E-state index is 0.546. The van der Waals surface area contributed by atoms with Gasteiger partial charge in [-0.25, -0.2) is 0 Å². The molecule has 1 N–H and O–H groups in total. The topological polar surface area (TPSA) is 12.0 Å². The van der Waals surface area contributed by atoms with Gasteiger partial charge in [-0.05, 0) is 30.9 Å². The predicted molar refractivity (Wildman–Crippen MR) is 76.1 cm³/mol. The lowest BCUT2D eigenvalue weighted by Gasteiger charge is -2.30. The average molecular weight is 272 g/mol. The van der Waals surface area contributed by atoms with Gasteiger partial charge in [0.25, 0.3) is 0 Å². The molecule has 1 nitrogen and oxygen atoms in total. The molecule has 0 aromatic heterocycles. The molecule has 0 heterocycles. The number of hydrogen-bond acceptors (Lipinski definition) is 1. The fourth-order valence-corrected chi connectivity index (χ4v) is 2.98. The summed E-state index contributed by atoms with van der Waals surface area (Å²) in [4.78, 5) is 0. The molecule has 1 aromatic carbocycles. The first-order valence-electron chi connectivity index (χ1n) is 6.41. The number of benzene rings is 1. The Morgan fingerprint density at radius 2 is 2.12 bits per heavy atom. The van der Waals surface area contributed by atoms with Gasteiger partial charge in [0.1, 0.15) is 0 Å². The fraction of sp³-hybridized carbons (Fsp3) is 0.571. The van der Waals surface area contributed by atoms with Crippen molar-refractivity contribution in [1.82, 2.24) is 0 Å². The van der Waals surface area contributed by atoms with E-state index in [2.05, 4.69) is 12.2 Å². The molecule has 2 atom stereocenters. The van der Waals surface area contributed by atoms with Crippen LogP contribution in [0.2, 0.25) is 10.0 Å². The van der Waals surface area contributed by atoms with E-state index in [-0.39, 0.29) is 0 Å². The Morgan fingerprint density at radius 3 is 2.88 bits per heavy atom. The molecule has 3 heteroatoms. The van der Waals surface area contributed by atoms with Crippen molar-refractivity contribution in [1.29, 1.82) is 0 Å². The average Bonchev–Trinajstić information content (AvgIpc) is 2.35. The molecule has 1 aliphatic rings. The Kier molecular flexibility index (Phi) is 4.58. The third-order valence-electron chi connectivity index (χ3n) is 3.67. The molecule has 0 spiro atoms. The first-order valence-corrected chi connectivity index (χ1v) is 7.16. The predicted octanol–water partition coefficient (Wildman–Crippen LogP) is 5.37. The molecule has 0 amide bonds. The molecular formula is C14H19Cl2N. The second-order valence-corrected chi connectivity index (χ2v) is 5.67. The van der Waals surface area contributed by atoms with E-state index in [9.17, 15) is 0 Å². The lowest BCUT2D eigenvalue weighted by atomic mass is 9.84. The van der Waals surface area contributed by atoms with E-state index in [4.69, 9.17) is 23.2 Å². The lowest BCUT2D eigenvalue weighted by molar-refractivity contribution is 0.327. The van der Waals surface area contributed by atoms with Crippen molar-refractivity contribution in [2.24, 2.45) is 5.92 Å². The third kappa shape index (κ3) is 3.29. The summed E-state index contributed by atoms with van der Waals surface area (Å²) in [7, 11) is 0. The first-order chi connectivity index (χ1) is 8.20. The summed E-state index contributed by atoms with van der Waals surface area (Å²) < 4.78 is 0. The maximum absolute atomic E-state index is 6.19. The number of hydrogen-bond donors (Lipinski definition) is 1. The number of nitrogens with one attached hydrogen (secondary N) is 1. The van der Waals surface area contributed by atoms with E-state index < -0.39 is 0 Å². The second kappa shape index (κ2) is 5.97. The van der Waals surface area contributed by atoms with Crippen LogP contribution in [-0.4, -0.2) is 6.04 Å². The van der Waals surface area contributed by atoms with Gasteiger partial charge in [-0.3, -0.25) is 0 Å². The van der Waals surface area contributed by atoms with E-state index in [1.54, 1.807) is 0 Å². The maximum Gasteiger partial charge on any atom is 0.0823 e. The molecule has 0 radical (unpaired) electrons. The van der Waals surface area contributed by atoms with Crippen LogP contribution >= 0.6 is 23.2 Å². The van der Waals surface area contributed by atoms with Crippen LogP contribution in [0, 0.1) is 5.92 Å². The highest BCUT2D eigenvalue weighted by Gasteiger charge is 2.21. The highest BCUT2D eigenvalue weighted by Crippen LogP contribution is 2.33. The van der Waals surface area contributed by atoms with Gasteiger partial charge < -0.3 is 5.32 Å². The van der Waals surface area contributed by atoms with Crippen molar-refractivity contribution in [3.8, 4) is 0 Å². The normalized spacial score (nSPS) is 24.6. The van der Waals surface area contributed by atoms with Gasteiger partial charge in [-0.15, -0.1) is 0 Å². The van der Waals surface area contributed by atoms with Crippen LogP contribution in [0.5, 0.6) is 0 Å². The quantitative estimate of drug-likeness (QED) is 0.779. The van der Waals surface area contributed by atoms with Gasteiger partial charge >= 0.3 is 0 Å². The van der Waals surface area contributed by atoms with Crippen LogP contribution in [0.1, 0.15) is 39.0 Å². The molecule has 17 heavy (non-hydrogen) atoms. The molecule has 1 aliphatic carbocycles. The Labute approximate surface area is 114 Å². The highest BCUT2D eigenvalue weighted by molar-refractivity contribution is 6.43. The summed E-state index contributed by atoms with van der Waals surface area (Å²) in [6.07, 6.45) is 6.45. The van der Waals surface area contributed by atoms with E-state index in [0.717, 1.165) is 11.6 Å². The number of anilines is 1. The number of rotatable bonds is 3. The molecule has 0 aliphatic heterocycles. The van der Waals surface area contributed by atoms with Gasteiger partial charge in [-0.1, -0.05) is 55.5 Å². The van der Waals surface area contributed by atoms with Crippen molar-refractivity contribution >= 4 is 28.9 Å². The van der Waals surface area contributed by atoms with E-state index in [1.165, 1.54) is 32.1 Å². The summed E-state index contributed by atoms with van der Waals surface area (Å²) in [5, 5.41) is 4.81. The van der Waals surface area contributed by atoms with Crippen LogP contribution in [0.4, 0.5) is 5.69 Å². The van der Waals surface area contributed by atoms with Crippen LogP contribution < -0.4 is 5.32 Å². The standard InChI is InChI=1S/C14H19Cl2N/c1-2-10-5-3-6-11(9-10)17-13-8-4-7-12(15)14(13)16/h4,7-8,10-11,17H,2-3,5-6,9H2,1H3. The van der Waals surface area contributed by atoms with Crippen molar-refractivity contribution in [2.75, 3.05) is 5.32 Å². The summed E-state index contributed by atoms with van der Waals surface area (Å²) in [5.41, 5.74) is 0.973. The fourth-order valence-electron chi connectivity index (χ4n) is 2.63. The molecule has 1 saturated carbocycles. The van der Waals surface area contributed by atoms with Crippen LogP contribution in [0.25, 0.3) is 0 Å². The van der Waals surface area contributed by atoms with Crippen molar-refractivity contribution in [3.05, 3.63) is 28.2 Å². The largest absolute Gasteiger partial charge is 0.381 e.